The molecule has 7 heteroatoms. The summed E-state index contributed by atoms with van der Waals surface area (Å²) in [6.45, 7) is -0.0688. The predicted octanol–water partition coefficient (Wildman–Crippen LogP) is 2.15. The Morgan fingerprint density at radius 1 is 1.15 bits per heavy atom. The Morgan fingerprint density at radius 3 is 2.59 bits per heavy atom. The van der Waals surface area contributed by atoms with E-state index in [1.54, 1.807) is 18.2 Å². The highest BCUT2D eigenvalue weighted by molar-refractivity contribution is 8.00. The van der Waals surface area contributed by atoms with Crippen LogP contribution in [-0.2, 0) is 20.9 Å². The Morgan fingerprint density at radius 2 is 1.85 bits per heavy atom. The Bertz CT molecular complexity index is 908. The molecule has 0 aromatic heterocycles. The molecule has 0 bridgehead atoms. The molecule has 1 atom stereocenters. The van der Waals surface area contributed by atoms with E-state index in [2.05, 4.69) is 5.32 Å². The monoisotopic (exact) mass is 379 g/mol. The highest BCUT2D eigenvalue weighted by Gasteiger charge is 2.32. The standard InChI is InChI=1S/C20H17N3O3S/c21-10-15(20(26)22-11-14-6-2-1-3-7-14)17(24)12-23-16-8-4-5-9-18(16)27-13-19(23)25/h1-9,15H,11-13H2,(H,22,26). The number of hydrogen-bond donors (Lipinski definition) is 1. The molecule has 1 aliphatic heterocycles. The first kappa shape index (κ1) is 18.7. The molecule has 1 N–H and O–H groups in total. The van der Waals surface area contributed by atoms with Gasteiger partial charge in [-0.1, -0.05) is 42.5 Å². The third-order valence-electron chi connectivity index (χ3n) is 4.15. The average molecular weight is 379 g/mol. The number of amides is 2. The van der Waals surface area contributed by atoms with Gasteiger partial charge in [0.15, 0.2) is 11.7 Å². The third-order valence-corrected chi connectivity index (χ3v) is 5.19. The maximum absolute atomic E-state index is 12.6. The minimum absolute atomic E-state index is 0.214. The van der Waals surface area contributed by atoms with Crippen LogP contribution in [0.2, 0.25) is 0 Å². The van der Waals surface area contributed by atoms with Gasteiger partial charge in [0.05, 0.1) is 24.1 Å². The Hall–Kier alpha value is -3.11. The number of para-hydroxylation sites is 1. The third kappa shape index (κ3) is 4.36. The molecule has 2 amide bonds. The predicted molar refractivity (Wildman–Crippen MR) is 102 cm³/mol. The summed E-state index contributed by atoms with van der Waals surface area (Å²) in [7, 11) is 0. The van der Waals surface area contributed by atoms with Gasteiger partial charge in [0.25, 0.3) is 0 Å². The second-order valence-corrected chi connectivity index (χ2v) is 6.99. The highest BCUT2D eigenvalue weighted by Crippen LogP contribution is 2.34. The quantitative estimate of drug-likeness (QED) is 0.777. The summed E-state index contributed by atoms with van der Waals surface area (Å²) in [5, 5.41) is 11.9. The van der Waals surface area contributed by atoms with Gasteiger partial charge in [-0.05, 0) is 17.7 Å². The summed E-state index contributed by atoms with van der Waals surface area (Å²) in [5.41, 5.74) is 1.50. The number of Topliss-reactive ketones (excluding diaryl/α,β-unsaturated/α-hetero) is 1. The van der Waals surface area contributed by atoms with Crippen LogP contribution in [0.5, 0.6) is 0 Å². The van der Waals surface area contributed by atoms with Crippen LogP contribution in [0.25, 0.3) is 0 Å². The van der Waals surface area contributed by atoms with E-state index in [-0.39, 0.29) is 24.7 Å². The minimum atomic E-state index is -1.46. The lowest BCUT2D eigenvalue weighted by Gasteiger charge is -2.28. The number of thioether (sulfide) groups is 1. The van der Waals surface area contributed by atoms with Gasteiger partial charge >= 0.3 is 0 Å². The lowest BCUT2D eigenvalue weighted by molar-refractivity contribution is -0.132. The fourth-order valence-corrected chi connectivity index (χ4v) is 3.67. The fourth-order valence-electron chi connectivity index (χ4n) is 2.74. The summed E-state index contributed by atoms with van der Waals surface area (Å²) >= 11 is 1.41. The number of nitrogens with zero attached hydrogens (tertiary/aromatic N) is 2. The highest BCUT2D eigenvalue weighted by atomic mass is 32.2. The molecule has 0 aliphatic carbocycles. The summed E-state index contributed by atoms with van der Waals surface area (Å²) in [6, 6.07) is 18.2. The number of nitriles is 1. The molecule has 1 aliphatic rings. The SMILES string of the molecule is N#CC(C(=O)CN1C(=O)CSc2ccccc21)C(=O)NCc1ccccc1. The van der Waals surface area contributed by atoms with Gasteiger partial charge in [-0.25, -0.2) is 0 Å². The molecule has 0 saturated heterocycles. The van der Waals surface area contributed by atoms with Crippen LogP contribution in [0.3, 0.4) is 0 Å². The van der Waals surface area contributed by atoms with E-state index in [1.807, 2.05) is 42.5 Å². The maximum Gasteiger partial charge on any atom is 0.245 e. The van der Waals surface area contributed by atoms with Crippen molar-refractivity contribution in [2.75, 3.05) is 17.2 Å². The summed E-state index contributed by atoms with van der Waals surface area (Å²) in [6.07, 6.45) is 0. The van der Waals surface area contributed by atoms with Gasteiger partial charge in [0, 0.05) is 11.4 Å². The molecule has 2 aromatic rings. The number of carbonyl (C=O) groups excluding carboxylic acids is 3. The summed E-state index contributed by atoms with van der Waals surface area (Å²) in [4.78, 5) is 39.4. The first-order valence-corrected chi connectivity index (χ1v) is 9.35. The van der Waals surface area contributed by atoms with E-state index in [4.69, 9.17) is 0 Å². The number of hydrogen-bond acceptors (Lipinski definition) is 5. The number of anilines is 1. The van der Waals surface area contributed by atoms with E-state index < -0.39 is 17.6 Å². The molecule has 0 fully saturated rings. The number of benzene rings is 2. The lowest BCUT2D eigenvalue weighted by atomic mass is 10.0. The van der Waals surface area contributed by atoms with Crippen molar-refractivity contribution in [3.8, 4) is 6.07 Å². The molecular formula is C20H17N3O3S. The number of carbonyl (C=O) groups is 3. The van der Waals surface area contributed by atoms with Crippen LogP contribution < -0.4 is 10.2 Å². The van der Waals surface area contributed by atoms with E-state index in [0.29, 0.717) is 5.69 Å². The summed E-state index contributed by atoms with van der Waals surface area (Å²) in [5.74, 6) is -2.70. The minimum Gasteiger partial charge on any atom is -0.350 e. The Kier molecular flexibility index (Phi) is 5.89. The van der Waals surface area contributed by atoms with Crippen molar-refractivity contribution in [2.45, 2.75) is 11.4 Å². The van der Waals surface area contributed by atoms with Crippen LogP contribution in [0, 0.1) is 17.2 Å². The molecule has 1 heterocycles. The Labute approximate surface area is 161 Å². The molecule has 2 aromatic carbocycles. The number of rotatable bonds is 6. The molecule has 1 unspecified atom stereocenters. The van der Waals surface area contributed by atoms with E-state index in [1.165, 1.54) is 16.7 Å². The van der Waals surface area contributed by atoms with Gasteiger partial charge in [-0.15, -0.1) is 11.8 Å². The van der Waals surface area contributed by atoms with Gasteiger partial charge < -0.3 is 10.2 Å². The molecule has 0 radical (unpaired) electrons. The van der Waals surface area contributed by atoms with Crippen LogP contribution in [0.15, 0.2) is 59.5 Å². The van der Waals surface area contributed by atoms with E-state index in [0.717, 1.165) is 10.5 Å². The van der Waals surface area contributed by atoms with Gasteiger partial charge in [0.2, 0.25) is 11.8 Å². The largest absolute Gasteiger partial charge is 0.350 e. The summed E-state index contributed by atoms with van der Waals surface area (Å²) < 4.78 is 0. The van der Waals surface area contributed by atoms with E-state index in [9.17, 15) is 19.6 Å². The molecule has 136 valence electrons. The van der Waals surface area contributed by atoms with Crippen molar-refractivity contribution in [3.05, 3.63) is 60.2 Å². The first-order valence-electron chi connectivity index (χ1n) is 8.36. The van der Waals surface area contributed by atoms with Crippen molar-refractivity contribution >= 4 is 35.0 Å². The lowest BCUT2D eigenvalue weighted by Crippen LogP contribution is -2.44. The van der Waals surface area contributed by atoms with Crippen LogP contribution in [0.4, 0.5) is 5.69 Å². The molecule has 0 spiro atoms. The normalized spacial score (nSPS) is 14.0. The smallest absolute Gasteiger partial charge is 0.245 e. The van der Waals surface area contributed by atoms with E-state index >= 15 is 0 Å². The zero-order valence-electron chi connectivity index (χ0n) is 14.4. The molecular weight excluding hydrogens is 362 g/mol. The average Bonchev–Trinajstić information content (AvgIpc) is 2.70. The van der Waals surface area contributed by atoms with Crippen molar-refractivity contribution in [2.24, 2.45) is 5.92 Å². The van der Waals surface area contributed by atoms with Crippen LogP contribution >= 0.6 is 11.8 Å². The van der Waals surface area contributed by atoms with Crippen molar-refractivity contribution in [1.29, 1.82) is 5.26 Å². The second-order valence-electron chi connectivity index (χ2n) is 5.97. The zero-order valence-corrected chi connectivity index (χ0v) is 15.2. The van der Waals surface area contributed by atoms with Crippen molar-refractivity contribution < 1.29 is 14.4 Å². The van der Waals surface area contributed by atoms with Crippen LogP contribution in [0.1, 0.15) is 5.56 Å². The van der Waals surface area contributed by atoms with Gasteiger partial charge in [-0.2, -0.15) is 5.26 Å². The first-order chi connectivity index (χ1) is 13.1. The second kappa shape index (κ2) is 8.52. The Balaban J connectivity index is 1.67. The molecule has 27 heavy (non-hydrogen) atoms. The molecule has 3 rings (SSSR count). The topological polar surface area (TPSA) is 90.3 Å². The maximum atomic E-state index is 12.6. The molecule has 0 saturated carbocycles. The van der Waals surface area contributed by atoms with Crippen LogP contribution in [-0.4, -0.2) is 29.9 Å². The number of ketones is 1. The number of nitrogens with one attached hydrogen (secondary N) is 1. The zero-order chi connectivity index (χ0) is 19.2. The fraction of sp³-hybridized carbons (Fsp3) is 0.200. The van der Waals surface area contributed by atoms with Crippen molar-refractivity contribution in [3.63, 3.8) is 0 Å². The van der Waals surface area contributed by atoms with Gasteiger partial charge in [-0.3, -0.25) is 14.4 Å². The van der Waals surface area contributed by atoms with Gasteiger partial charge in [0.1, 0.15) is 0 Å². The molecule has 6 nitrogen and oxygen atoms in total. The number of fused-ring (bicyclic) bond motifs is 1. The van der Waals surface area contributed by atoms with Crippen molar-refractivity contribution in [1.82, 2.24) is 5.32 Å².